The highest BCUT2D eigenvalue weighted by Crippen LogP contribution is 2.12. The average Bonchev–Trinajstić information content (AvgIpc) is 2.73. The Morgan fingerprint density at radius 1 is 1.35 bits per heavy atom. The molecule has 0 aliphatic heterocycles. The predicted molar refractivity (Wildman–Crippen MR) is 72.5 cm³/mol. The Balaban J connectivity index is 2.86. The highest BCUT2D eigenvalue weighted by Gasteiger charge is 2.23. The van der Waals surface area contributed by atoms with Gasteiger partial charge in [0, 0.05) is 19.3 Å². The highest BCUT2D eigenvalue weighted by atomic mass is 16.5. The van der Waals surface area contributed by atoms with E-state index in [9.17, 15) is 9.59 Å². The Labute approximate surface area is 118 Å². The van der Waals surface area contributed by atoms with Gasteiger partial charge < -0.3 is 14.4 Å². The lowest BCUT2D eigenvalue weighted by Crippen LogP contribution is -2.39. The van der Waals surface area contributed by atoms with E-state index in [1.54, 1.807) is 27.9 Å². The second-order valence-electron chi connectivity index (χ2n) is 4.33. The largest absolute Gasteiger partial charge is 0.465 e. The van der Waals surface area contributed by atoms with Crippen LogP contribution in [0.25, 0.3) is 0 Å². The lowest BCUT2D eigenvalue weighted by molar-refractivity contribution is -0.143. The van der Waals surface area contributed by atoms with E-state index in [-0.39, 0.29) is 19.1 Å². The third-order valence-electron chi connectivity index (χ3n) is 2.82. The standard InChI is InChI=1S/C13H21N3O4/c1-5-20-11(17)8-16(6-7-19-4)13(18)12-9(2)14-15-10(12)3/h5-8H2,1-4H3,(H,14,15). The third kappa shape index (κ3) is 4.06. The molecule has 1 amide bonds. The fourth-order valence-electron chi connectivity index (χ4n) is 1.84. The van der Waals surface area contributed by atoms with Gasteiger partial charge in [-0.25, -0.2) is 0 Å². The van der Waals surface area contributed by atoms with Crippen molar-refractivity contribution >= 4 is 11.9 Å². The van der Waals surface area contributed by atoms with Gasteiger partial charge in [0.2, 0.25) is 0 Å². The number of H-pyrrole nitrogens is 1. The van der Waals surface area contributed by atoms with Gasteiger partial charge in [-0.05, 0) is 20.8 Å². The highest BCUT2D eigenvalue weighted by molar-refractivity contribution is 5.97. The molecule has 0 atom stereocenters. The summed E-state index contributed by atoms with van der Waals surface area (Å²) in [6.45, 7) is 6.10. The fourth-order valence-corrected chi connectivity index (χ4v) is 1.84. The molecule has 1 aromatic heterocycles. The Morgan fingerprint density at radius 2 is 2.05 bits per heavy atom. The van der Waals surface area contributed by atoms with Crippen LogP contribution < -0.4 is 0 Å². The molecule has 0 radical (unpaired) electrons. The summed E-state index contributed by atoms with van der Waals surface area (Å²) in [4.78, 5) is 25.5. The number of amides is 1. The first-order chi connectivity index (χ1) is 9.51. The summed E-state index contributed by atoms with van der Waals surface area (Å²) >= 11 is 0. The van der Waals surface area contributed by atoms with Crippen molar-refractivity contribution in [3.63, 3.8) is 0 Å². The molecule has 0 fully saturated rings. The summed E-state index contributed by atoms with van der Waals surface area (Å²) in [6.07, 6.45) is 0. The zero-order valence-corrected chi connectivity index (χ0v) is 12.4. The lowest BCUT2D eigenvalue weighted by Gasteiger charge is -2.21. The number of hydrogen-bond acceptors (Lipinski definition) is 5. The molecule has 7 heteroatoms. The molecule has 0 aromatic carbocycles. The number of ether oxygens (including phenoxy) is 2. The molecular weight excluding hydrogens is 262 g/mol. The fraction of sp³-hybridized carbons (Fsp3) is 0.615. The molecule has 0 bridgehead atoms. The summed E-state index contributed by atoms with van der Waals surface area (Å²) in [5.74, 6) is -0.686. The van der Waals surface area contributed by atoms with Crippen molar-refractivity contribution in [3.8, 4) is 0 Å². The van der Waals surface area contributed by atoms with Crippen LogP contribution in [0.15, 0.2) is 0 Å². The molecule has 0 saturated heterocycles. The van der Waals surface area contributed by atoms with Gasteiger partial charge in [-0.1, -0.05) is 0 Å². The molecule has 7 nitrogen and oxygen atoms in total. The van der Waals surface area contributed by atoms with Crippen LogP contribution in [0.1, 0.15) is 28.7 Å². The first-order valence-corrected chi connectivity index (χ1v) is 6.46. The van der Waals surface area contributed by atoms with Gasteiger partial charge >= 0.3 is 5.97 Å². The smallest absolute Gasteiger partial charge is 0.325 e. The van der Waals surface area contributed by atoms with Gasteiger partial charge in [-0.2, -0.15) is 5.10 Å². The van der Waals surface area contributed by atoms with E-state index in [2.05, 4.69) is 10.2 Å². The van der Waals surface area contributed by atoms with Crippen molar-refractivity contribution in [2.45, 2.75) is 20.8 Å². The van der Waals surface area contributed by atoms with E-state index in [0.29, 0.717) is 30.1 Å². The van der Waals surface area contributed by atoms with Crippen LogP contribution in [-0.4, -0.2) is 60.4 Å². The van der Waals surface area contributed by atoms with Gasteiger partial charge in [0.25, 0.3) is 5.91 Å². The minimum Gasteiger partial charge on any atom is -0.465 e. The maximum Gasteiger partial charge on any atom is 0.325 e. The molecule has 1 heterocycles. The number of aromatic amines is 1. The van der Waals surface area contributed by atoms with Crippen molar-refractivity contribution < 1.29 is 19.1 Å². The summed E-state index contributed by atoms with van der Waals surface area (Å²) in [5, 5.41) is 6.76. The van der Waals surface area contributed by atoms with Gasteiger partial charge in [0.15, 0.2) is 0 Å². The number of aromatic nitrogens is 2. The Morgan fingerprint density at radius 3 is 2.55 bits per heavy atom. The minimum absolute atomic E-state index is 0.0971. The van der Waals surface area contributed by atoms with E-state index in [1.165, 1.54) is 4.90 Å². The molecule has 0 spiro atoms. The summed E-state index contributed by atoms with van der Waals surface area (Å²) in [5.41, 5.74) is 1.78. The van der Waals surface area contributed by atoms with Crippen LogP contribution in [0, 0.1) is 13.8 Å². The van der Waals surface area contributed by atoms with Crippen LogP contribution in [0.5, 0.6) is 0 Å². The van der Waals surface area contributed by atoms with E-state index >= 15 is 0 Å². The SMILES string of the molecule is CCOC(=O)CN(CCOC)C(=O)c1c(C)n[nH]c1C. The van der Waals surface area contributed by atoms with Crippen molar-refractivity contribution in [3.05, 3.63) is 17.0 Å². The van der Waals surface area contributed by atoms with E-state index in [4.69, 9.17) is 9.47 Å². The molecule has 0 aliphatic carbocycles. The maximum atomic E-state index is 12.5. The Kier molecular flexibility index (Phi) is 6.17. The second kappa shape index (κ2) is 7.64. The number of aryl methyl sites for hydroxylation is 2. The van der Waals surface area contributed by atoms with Crippen LogP contribution in [0.4, 0.5) is 0 Å². The molecule has 0 aliphatic rings. The van der Waals surface area contributed by atoms with Crippen molar-refractivity contribution in [1.29, 1.82) is 0 Å². The molecule has 20 heavy (non-hydrogen) atoms. The average molecular weight is 283 g/mol. The first kappa shape index (κ1) is 16.2. The normalized spacial score (nSPS) is 10.4. The van der Waals surface area contributed by atoms with Gasteiger partial charge in [0.1, 0.15) is 6.54 Å². The van der Waals surface area contributed by atoms with E-state index < -0.39 is 5.97 Å². The molecular formula is C13H21N3O4. The molecule has 112 valence electrons. The van der Waals surface area contributed by atoms with Crippen LogP contribution in [0.2, 0.25) is 0 Å². The summed E-state index contributed by atoms with van der Waals surface area (Å²) in [7, 11) is 1.54. The number of nitrogens with one attached hydrogen (secondary N) is 1. The minimum atomic E-state index is -0.434. The van der Waals surface area contributed by atoms with Crippen molar-refractivity contribution in [2.24, 2.45) is 0 Å². The number of methoxy groups -OCH3 is 1. The van der Waals surface area contributed by atoms with Crippen molar-refractivity contribution in [2.75, 3.05) is 33.4 Å². The predicted octanol–water partition coefficient (Wildman–Crippen LogP) is 0.678. The molecule has 1 aromatic rings. The van der Waals surface area contributed by atoms with Gasteiger partial charge in [-0.3, -0.25) is 14.7 Å². The first-order valence-electron chi connectivity index (χ1n) is 6.46. The van der Waals surface area contributed by atoms with E-state index in [1.807, 2.05) is 0 Å². The topological polar surface area (TPSA) is 84.5 Å². The number of carbonyl (C=O) groups excluding carboxylic acids is 2. The van der Waals surface area contributed by atoms with Crippen molar-refractivity contribution in [1.82, 2.24) is 15.1 Å². The number of rotatable bonds is 7. The number of esters is 1. The Hall–Kier alpha value is -1.89. The quantitative estimate of drug-likeness (QED) is 0.744. The lowest BCUT2D eigenvalue weighted by atomic mass is 10.1. The molecule has 0 unspecified atom stereocenters. The number of carbonyl (C=O) groups is 2. The summed E-state index contributed by atoms with van der Waals surface area (Å²) in [6, 6.07) is 0. The number of nitrogens with zero attached hydrogens (tertiary/aromatic N) is 2. The van der Waals surface area contributed by atoms with Gasteiger partial charge in [-0.15, -0.1) is 0 Å². The van der Waals surface area contributed by atoms with Gasteiger partial charge in [0.05, 0.1) is 24.5 Å². The zero-order valence-electron chi connectivity index (χ0n) is 12.4. The monoisotopic (exact) mass is 283 g/mol. The van der Waals surface area contributed by atoms with Crippen LogP contribution in [0.3, 0.4) is 0 Å². The Bertz CT molecular complexity index is 451. The third-order valence-corrected chi connectivity index (χ3v) is 2.82. The maximum absolute atomic E-state index is 12.5. The van der Waals surface area contributed by atoms with Crippen LogP contribution in [-0.2, 0) is 14.3 Å². The zero-order chi connectivity index (χ0) is 15.1. The summed E-state index contributed by atoms with van der Waals surface area (Å²) < 4.78 is 9.86. The van der Waals surface area contributed by atoms with E-state index in [0.717, 1.165) is 0 Å². The molecule has 1 N–H and O–H groups in total. The van der Waals surface area contributed by atoms with Crippen LogP contribution >= 0.6 is 0 Å². The molecule has 0 saturated carbocycles. The molecule has 1 rings (SSSR count). The number of hydrogen-bond donors (Lipinski definition) is 1. The second-order valence-corrected chi connectivity index (χ2v) is 4.33.